The Balaban J connectivity index is 1.30. The molecule has 0 bridgehead atoms. The average molecular weight is 436 g/mol. The van der Waals surface area contributed by atoms with Crippen molar-refractivity contribution in [3.05, 3.63) is 74.6 Å². The number of hydrogen-bond donors (Lipinski definition) is 0. The van der Waals surface area contributed by atoms with Gasteiger partial charge >= 0.3 is 0 Å². The minimum absolute atomic E-state index is 0.0536. The number of anilines is 1. The number of nitro benzene ring substituents is 1. The molecule has 0 saturated carbocycles. The van der Waals surface area contributed by atoms with Gasteiger partial charge in [-0.3, -0.25) is 14.9 Å². The maximum Gasteiger partial charge on any atom is 0.269 e. The van der Waals surface area contributed by atoms with Crippen molar-refractivity contribution in [2.45, 2.75) is 13.5 Å². The number of fused-ring (bicyclic) bond motifs is 3. The predicted molar refractivity (Wildman–Crippen MR) is 120 cm³/mol. The first-order valence-electron chi connectivity index (χ1n) is 10.2. The molecule has 2 aromatic carbocycles. The number of benzene rings is 2. The number of carbonyl (C=O) groups is 1. The Morgan fingerprint density at radius 1 is 1.10 bits per heavy atom. The largest absolute Gasteiger partial charge is 0.488 e. The van der Waals surface area contributed by atoms with Gasteiger partial charge in [-0.1, -0.05) is 12.1 Å². The van der Waals surface area contributed by atoms with Crippen LogP contribution in [0.4, 0.5) is 11.4 Å². The van der Waals surface area contributed by atoms with Gasteiger partial charge in [-0.2, -0.15) is 0 Å². The molecular formula is C23H21N3O4S. The van der Waals surface area contributed by atoms with E-state index in [0.29, 0.717) is 32.8 Å². The fourth-order valence-electron chi connectivity index (χ4n) is 4.17. The highest BCUT2D eigenvalue weighted by Gasteiger charge is 2.28. The van der Waals surface area contributed by atoms with Gasteiger partial charge in [0.05, 0.1) is 9.80 Å². The van der Waals surface area contributed by atoms with E-state index in [9.17, 15) is 14.9 Å². The maximum atomic E-state index is 13.2. The first kappa shape index (κ1) is 19.6. The highest BCUT2D eigenvalue weighted by Crippen LogP contribution is 2.44. The summed E-state index contributed by atoms with van der Waals surface area (Å²) >= 11 is 1.55. The van der Waals surface area contributed by atoms with Gasteiger partial charge in [-0.05, 0) is 36.8 Å². The van der Waals surface area contributed by atoms with Gasteiger partial charge in [0.15, 0.2) is 0 Å². The smallest absolute Gasteiger partial charge is 0.269 e. The first-order valence-corrected chi connectivity index (χ1v) is 11.0. The molecule has 0 unspecified atom stereocenters. The Labute approximate surface area is 183 Å². The molecule has 0 atom stereocenters. The second-order valence-corrected chi connectivity index (χ2v) is 8.81. The van der Waals surface area contributed by atoms with Crippen LogP contribution in [0.25, 0.3) is 10.4 Å². The second kappa shape index (κ2) is 7.70. The highest BCUT2D eigenvalue weighted by atomic mass is 32.1. The Kier molecular flexibility index (Phi) is 4.86. The number of aryl methyl sites for hydroxylation is 1. The van der Waals surface area contributed by atoms with Crippen molar-refractivity contribution in [3.63, 3.8) is 0 Å². The number of nitro groups is 1. The van der Waals surface area contributed by atoms with Crippen molar-refractivity contribution < 1.29 is 14.5 Å². The number of nitrogens with zero attached hydrogens (tertiary/aromatic N) is 3. The van der Waals surface area contributed by atoms with E-state index in [1.54, 1.807) is 23.5 Å². The van der Waals surface area contributed by atoms with Crippen molar-refractivity contribution in [1.82, 2.24) is 4.90 Å². The van der Waals surface area contributed by atoms with Crippen LogP contribution in [0.5, 0.6) is 5.75 Å². The third-order valence-electron chi connectivity index (χ3n) is 5.86. The number of rotatable bonds is 3. The van der Waals surface area contributed by atoms with Gasteiger partial charge in [0, 0.05) is 60.0 Å². The van der Waals surface area contributed by atoms with Crippen LogP contribution in [-0.4, -0.2) is 41.9 Å². The molecule has 0 N–H and O–H groups in total. The number of hydrogen-bond acceptors (Lipinski definition) is 6. The summed E-state index contributed by atoms with van der Waals surface area (Å²) in [5.41, 5.74) is 4.33. The lowest BCUT2D eigenvalue weighted by atomic mass is 10.0. The molecule has 1 saturated heterocycles. The molecule has 1 amide bonds. The number of non-ortho nitro benzene ring substituents is 1. The highest BCUT2D eigenvalue weighted by molar-refractivity contribution is 7.17. The quantitative estimate of drug-likeness (QED) is 0.448. The number of carbonyl (C=O) groups excluding carboxylic acids is 1. The minimum Gasteiger partial charge on any atom is -0.488 e. The molecule has 3 heterocycles. The van der Waals surface area contributed by atoms with E-state index in [-0.39, 0.29) is 11.6 Å². The van der Waals surface area contributed by atoms with Gasteiger partial charge in [0.1, 0.15) is 12.4 Å². The van der Waals surface area contributed by atoms with E-state index in [4.69, 9.17) is 4.74 Å². The summed E-state index contributed by atoms with van der Waals surface area (Å²) in [7, 11) is 0. The summed E-state index contributed by atoms with van der Waals surface area (Å²) in [5.74, 6) is 0.933. The summed E-state index contributed by atoms with van der Waals surface area (Å²) in [5, 5.41) is 10.8. The zero-order chi connectivity index (χ0) is 21.5. The SMILES string of the molecule is Cc1cccc2c1-c1sc(C(=O)N3CCN(c4ccc([N+](=O)[O-])cc4)CC3)cc1CO2. The lowest BCUT2D eigenvalue weighted by molar-refractivity contribution is -0.384. The van der Waals surface area contributed by atoms with Crippen LogP contribution < -0.4 is 9.64 Å². The topological polar surface area (TPSA) is 75.9 Å². The van der Waals surface area contributed by atoms with E-state index in [1.165, 1.54) is 12.1 Å². The van der Waals surface area contributed by atoms with Crippen LogP contribution >= 0.6 is 11.3 Å². The van der Waals surface area contributed by atoms with Crippen LogP contribution in [-0.2, 0) is 6.61 Å². The Bertz CT molecular complexity index is 1160. The molecule has 8 heteroatoms. The summed E-state index contributed by atoms with van der Waals surface area (Å²) < 4.78 is 5.89. The van der Waals surface area contributed by atoms with Crippen LogP contribution in [0.1, 0.15) is 20.8 Å². The zero-order valence-electron chi connectivity index (χ0n) is 17.0. The van der Waals surface area contributed by atoms with Crippen LogP contribution in [0.2, 0.25) is 0 Å². The average Bonchev–Trinajstić information content (AvgIpc) is 3.23. The molecule has 1 aromatic heterocycles. The first-order chi connectivity index (χ1) is 15.0. The van der Waals surface area contributed by atoms with Crippen LogP contribution in [0.15, 0.2) is 48.5 Å². The maximum absolute atomic E-state index is 13.2. The number of thiophene rings is 1. The molecule has 0 aliphatic carbocycles. The van der Waals surface area contributed by atoms with E-state index < -0.39 is 4.92 Å². The Morgan fingerprint density at radius 3 is 2.55 bits per heavy atom. The molecule has 0 radical (unpaired) electrons. The van der Waals surface area contributed by atoms with Crippen LogP contribution in [0.3, 0.4) is 0 Å². The predicted octanol–water partition coefficient (Wildman–Crippen LogP) is 4.49. The van der Waals surface area contributed by atoms with E-state index in [0.717, 1.165) is 37.9 Å². The van der Waals surface area contributed by atoms with Gasteiger partial charge in [0.2, 0.25) is 0 Å². The normalized spacial score (nSPS) is 15.1. The van der Waals surface area contributed by atoms with Crippen molar-refractivity contribution in [1.29, 1.82) is 0 Å². The molecule has 7 nitrogen and oxygen atoms in total. The Hall–Kier alpha value is -3.39. The van der Waals surface area contributed by atoms with E-state index in [1.807, 2.05) is 23.1 Å². The number of piperazine rings is 1. The lowest BCUT2D eigenvalue weighted by Gasteiger charge is -2.35. The van der Waals surface area contributed by atoms with Crippen molar-refractivity contribution in [2.75, 3.05) is 31.1 Å². The van der Waals surface area contributed by atoms with Gasteiger partial charge in [-0.15, -0.1) is 11.3 Å². The summed E-state index contributed by atoms with van der Waals surface area (Å²) in [4.78, 5) is 29.5. The van der Waals surface area contributed by atoms with Crippen molar-refractivity contribution in [3.8, 4) is 16.2 Å². The van der Waals surface area contributed by atoms with Crippen molar-refractivity contribution in [2.24, 2.45) is 0 Å². The van der Waals surface area contributed by atoms with E-state index >= 15 is 0 Å². The number of amides is 1. The molecule has 2 aliphatic rings. The molecule has 3 aromatic rings. The molecule has 5 rings (SSSR count). The third kappa shape index (κ3) is 3.53. The lowest BCUT2D eigenvalue weighted by Crippen LogP contribution is -2.48. The molecular weight excluding hydrogens is 414 g/mol. The molecule has 31 heavy (non-hydrogen) atoms. The fraction of sp³-hybridized carbons (Fsp3) is 0.261. The number of ether oxygens (including phenoxy) is 1. The van der Waals surface area contributed by atoms with Gasteiger partial charge < -0.3 is 14.5 Å². The second-order valence-electron chi connectivity index (χ2n) is 7.75. The van der Waals surface area contributed by atoms with Gasteiger partial charge in [0.25, 0.3) is 11.6 Å². The van der Waals surface area contributed by atoms with Gasteiger partial charge in [-0.25, -0.2) is 0 Å². The summed E-state index contributed by atoms with van der Waals surface area (Å²) in [6.45, 7) is 5.17. The summed E-state index contributed by atoms with van der Waals surface area (Å²) in [6, 6.07) is 14.6. The molecule has 0 spiro atoms. The Morgan fingerprint density at radius 2 is 1.84 bits per heavy atom. The summed E-state index contributed by atoms with van der Waals surface area (Å²) in [6.07, 6.45) is 0. The monoisotopic (exact) mass is 435 g/mol. The third-order valence-corrected chi connectivity index (χ3v) is 7.04. The molecule has 2 aliphatic heterocycles. The molecule has 158 valence electrons. The molecule has 1 fully saturated rings. The van der Waals surface area contributed by atoms with Crippen molar-refractivity contribution >= 4 is 28.6 Å². The fourth-order valence-corrected chi connectivity index (χ4v) is 5.42. The minimum atomic E-state index is -0.397. The standard InChI is InChI=1S/C23H21N3O4S/c1-15-3-2-4-19-21(15)22-16(14-30-19)13-20(31-22)23(27)25-11-9-24(10-12-25)17-5-7-18(8-6-17)26(28)29/h2-8,13H,9-12,14H2,1H3. The van der Waals surface area contributed by atoms with E-state index in [2.05, 4.69) is 17.9 Å². The zero-order valence-corrected chi connectivity index (χ0v) is 17.9. The van der Waals surface area contributed by atoms with Crippen LogP contribution in [0, 0.1) is 17.0 Å².